The normalized spacial score (nSPS) is 10.8. The second-order valence-corrected chi connectivity index (χ2v) is 5.36. The van der Waals surface area contributed by atoms with Crippen molar-refractivity contribution in [3.05, 3.63) is 40.0 Å². The summed E-state index contributed by atoms with van der Waals surface area (Å²) < 4.78 is 1.71. The molecule has 2 aromatic rings. The first-order valence-corrected chi connectivity index (χ1v) is 6.75. The number of nitrogens with two attached hydrogens (primary N) is 1. The van der Waals surface area contributed by atoms with Crippen molar-refractivity contribution >= 4 is 40.6 Å². The highest BCUT2D eigenvalue weighted by Gasteiger charge is 2.14. The summed E-state index contributed by atoms with van der Waals surface area (Å²) in [5.41, 5.74) is 6.30. The second kappa shape index (κ2) is 5.73. The molecule has 1 aromatic carbocycles. The van der Waals surface area contributed by atoms with Crippen LogP contribution in [0.4, 0.5) is 11.5 Å². The summed E-state index contributed by atoms with van der Waals surface area (Å²) in [6.45, 7) is 3.94. The third kappa shape index (κ3) is 2.89. The van der Waals surface area contributed by atoms with Crippen LogP contribution in [0.25, 0.3) is 0 Å². The SMILES string of the molecule is CC(C)n1nccc1NC(=O)c1cc(N)c(Cl)c(Cl)c1. The van der Waals surface area contributed by atoms with Gasteiger partial charge >= 0.3 is 0 Å². The van der Waals surface area contributed by atoms with E-state index in [4.69, 9.17) is 28.9 Å². The lowest BCUT2D eigenvalue weighted by Gasteiger charge is -2.12. The summed E-state index contributed by atoms with van der Waals surface area (Å²) in [4.78, 5) is 12.2. The Hall–Kier alpha value is -1.72. The Morgan fingerprint density at radius 1 is 1.40 bits per heavy atom. The van der Waals surface area contributed by atoms with Gasteiger partial charge in [-0.15, -0.1) is 0 Å². The molecule has 20 heavy (non-hydrogen) atoms. The highest BCUT2D eigenvalue weighted by Crippen LogP contribution is 2.29. The molecule has 106 valence electrons. The van der Waals surface area contributed by atoms with E-state index >= 15 is 0 Å². The summed E-state index contributed by atoms with van der Waals surface area (Å²) in [6.07, 6.45) is 1.62. The Kier molecular flexibility index (Phi) is 4.20. The minimum absolute atomic E-state index is 0.138. The highest BCUT2D eigenvalue weighted by molar-refractivity contribution is 6.44. The van der Waals surface area contributed by atoms with Crippen LogP contribution in [0.15, 0.2) is 24.4 Å². The van der Waals surface area contributed by atoms with Gasteiger partial charge in [0.05, 0.1) is 21.9 Å². The van der Waals surface area contributed by atoms with Crippen molar-refractivity contribution < 1.29 is 4.79 Å². The predicted molar refractivity (Wildman–Crippen MR) is 81.4 cm³/mol. The maximum Gasteiger partial charge on any atom is 0.256 e. The lowest BCUT2D eigenvalue weighted by Crippen LogP contribution is -2.17. The van der Waals surface area contributed by atoms with Gasteiger partial charge in [-0.05, 0) is 26.0 Å². The molecule has 1 heterocycles. The van der Waals surface area contributed by atoms with Crippen LogP contribution in [0.2, 0.25) is 10.0 Å². The largest absolute Gasteiger partial charge is 0.397 e. The van der Waals surface area contributed by atoms with E-state index < -0.39 is 0 Å². The molecule has 0 saturated carbocycles. The third-order valence-corrected chi connectivity index (χ3v) is 3.54. The van der Waals surface area contributed by atoms with Gasteiger partial charge in [-0.3, -0.25) is 4.79 Å². The van der Waals surface area contributed by atoms with Crippen molar-refractivity contribution in [3.8, 4) is 0 Å². The number of carbonyl (C=O) groups is 1. The van der Waals surface area contributed by atoms with E-state index in [0.29, 0.717) is 11.4 Å². The van der Waals surface area contributed by atoms with Crippen molar-refractivity contribution in [3.63, 3.8) is 0 Å². The Balaban J connectivity index is 2.26. The van der Waals surface area contributed by atoms with Crippen molar-refractivity contribution in [2.75, 3.05) is 11.1 Å². The lowest BCUT2D eigenvalue weighted by atomic mass is 10.2. The average molecular weight is 313 g/mol. The first-order chi connectivity index (χ1) is 9.40. The summed E-state index contributed by atoms with van der Waals surface area (Å²) >= 11 is 11.8. The van der Waals surface area contributed by atoms with E-state index in [2.05, 4.69) is 10.4 Å². The second-order valence-electron chi connectivity index (χ2n) is 4.57. The molecular weight excluding hydrogens is 299 g/mol. The number of hydrogen-bond acceptors (Lipinski definition) is 3. The van der Waals surface area contributed by atoms with Crippen molar-refractivity contribution in [2.45, 2.75) is 19.9 Å². The molecule has 1 amide bonds. The topological polar surface area (TPSA) is 72.9 Å². The number of hydrogen-bond donors (Lipinski definition) is 2. The molecule has 0 radical (unpaired) electrons. The molecule has 5 nitrogen and oxygen atoms in total. The number of carbonyl (C=O) groups excluding carboxylic acids is 1. The van der Waals surface area contributed by atoms with Gasteiger partial charge < -0.3 is 11.1 Å². The minimum Gasteiger partial charge on any atom is -0.397 e. The number of benzene rings is 1. The zero-order valence-electron chi connectivity index (χ0n) is 11.0. The number of nitrogen functional groups attached to an aromatic ring is 1. The minimum atomic E-state index is -0.322. The number of nitrogens with zero attached hydrogens (tertiary/aromatic N) is 2. The maximum atomic E-state index is 12.2. The standard InChI is InChI=1S/C13H14Cl2N4O/c1-7(2)19-11(3-4-17-19)18-13(20)8-5-9(14)12(15)10(16)6-8/h3-7H,16H2,1-2H3,(H,18,20). The highest BCUT2D eigenvalue weighted by atomic mass is 35.5. The van der Waals surface area contributed by atoms with Crippen LogP contribution in [0.1, 0.15) is 30.2 Å². The van der Waals surface area contributed by atoms with Crippen molar-refractivity contribution in [2.24, 2.45) is 0 Å². The quantitative estimate of drug-likeness (QED) is 0.850. The van der Waals surface area contributed by atoms with Crippen LogP contribution in [-0.2, 0) is 0 Å². The van der Waals surface area contributed by atoms with Crippen molar-refractivity contribution in [1.82, 2.24) is 9.78 Å². The van der Waals surface area contributed by atoms with E-state index in [1.165, 1.54) is 12.1 Å². The Morgan fingerprint density at radius 2 is 2.10 bits per heavy atom. The molecule has 0 atom stereocenters. The first-order valence-electron chi connectivity index (χ1n) is 5.99. The Morgan fingerprint density at radius 3 is 2.70 bits per heavy atom. The summed E-state index contributed by atoms with van der Waals surface area (Å²) in [5, 5.41) is 7.40. The first kappa shape index (κ1) is 14.7. The van der Waals surface area contributed by atoms with Gasteiger partial charge in [0.25, 0.3) is 5.91 Å². The molecule has 0 spiro atoms. The van der Waals surface area contributed by atoms with Crippen molar-refractivity contribution in [1.29, 1.82) is 0 Å². The number of amides is 1. The van der Waals surface area contributed by atoms with Gasteiger partial charge in [-0.1, -0.05) is 23.2 Å². The number of aromatic nitrogens is 2. The van der Waals surface area contributed by atoms with Gasteiger partial charge in [0, 0.05) is 17.7 Å². The summed E-state index contributed by atoms with van der Waals surface area (Å²) in [6, 6.07) is 4.82. The van der Waals surface area contributed by atoms with E-state index in [9.17, 15) is 4.79 Å². The fourth-order valence-electron chi connectivity index (χ4n) is 1.75. The van der Waals surface area contributed by atoms with Crippen LogP contribution >= 0.6 is 23.2 Å². The molecule has 0 aliphatic heterocycles. The Bertz CT molecular complexity index is 629. The molecule has 0 saturated heterocycles. The molecule has 7 heteroatoms. The number of nitrogens with one attached hydrogen (secondary N) is 1. The third-order valence-electron chi connectivity index (χ3n) is 2.72. The lowest BCUT2D eigenvalue weighted by molar-refractivity contribution is 0.102. The van der Waals surface area contributed by atoms with E-state index in [-0.39, 0.29) is 27.7 Å². The monoisotopic (exact) mass is 312 g/mol. The van der Waals surface area contributed by atoms with Gasteiger partial charge in [0.1, 0.15) is 5.82 Å². The van der Waals surface area contributed by atoms with E-state index in [1.807, 2.05) is 13.8 Å². The van der Waals surface area contributed by atoms with Crippen LogP contribution in [0, 0.1) is 0 Å². The predicted octanol–water partition coefficient (Wildman–Crippen LogP) is 3.61. The molecule has 2 rings (SSSR count). The van der Waals surface area contributed by atoms with E-state index in [1.54, 1.807) is 16.9 Å². The van der Waals surface area contributed by atoms with Gasteiger partial charge in [-0.25, -0.2) is 4.68 Å². The fraction of sp³-hybridized carbons (Fsp3) is 0.231. The summed E-state index contributed by atoms with van der Waals surface area (Å²) in [7, 11) is 0. The zero-order valence-corrected chi connectivity index (χ0v) is 12.5. The molecule has 3 N–H and O–H groups in total. The number of halogens is 2. The molecule has 1 aromatic heterocycles. The van der Waals surface area contributed by atoms with Crippen LogP contribution in [0.5, 0.6) is 0 Å². The number of rotatable bonds is 3. The smallest absolute Gasteiger partial charge is 0.256 e. The van der Waals surface area contributed by atoms with Gasteiger partial charge in [0.2, 0.25) is 0 Å². The number of anilines is 2. The molecule has 0 bridgehead atoms. The van der Waals surface area contributed by atoms with Gasteiger partial charge in [-0.2, -0.15) is 5.10 Å². The van der Waals surface area contributed by atoms with E-state index in [0.717, 1.165) is 0 Å². The molecular formula is C13H14Cl2N4O. The maximum absolute atomic E-state index is 12.2. The molecule has 0 aliphatic carbocycles. The molecule has 0 unspecified atom stereocenters. The van der Waals surface area contributed by atoms with Crippen LogP contribution in [0.3, 0.4) is 0 Å². The van der Waals surface area contributed by atoms with Crippen LogP contribution in [-0.4, -0.2) is 15.7 Å². The molecule has 0 aliphatic rings. The average Bonchev–Trinajstić information content (AvgIpc) is 2.83. The fourth-order valence-corrected chi connectivity index (χ4v) is 2.09. The van der Waals surface area contributed by atoms with Gasteiger partial charge in [0.15, 0.2) is 0 Å². The zero-order chi connectivity index (χ0) is 14.9. The Labute approximate surface area is 126 Å². The van der Waals surface area contributed by atoms with Crippen LogP contribution < -0.4 is 11.1 Å². The molecule has 0 fully saturated rings. The summed E-state index contributed by atoms with van der Waals surface area (Å²) in [5.74, 6) is 0.285.